The minimum Gasteiger partial charge on any atom is -0.469 e. The quantitative estimate of drug-likeness (QED) is 0.465. The van der Waals surface area contributed by atoms with Gasteiger partial charge >= 0.3 is 5.97 Å². The molecule has 0 aromatic heterocycles. The fourth-order valence-corrected chi connectivity index (χ4v) is 2.60. The molecule has 3 heteroatoms. The first kappa shape index (κ1) is 9.44. The van der Waals surface area contributed by atoms with Gasteiger partial charge in [-0.25, -0.2) is 0 Å². The van der Waals surface area contributed by atoms with E-state index in [-0.39, 0.29) is 35.4 Å². The van der Waals surface area contributed by atoms with E-state index < -0.39 is 0 Å². The molecule has 14 heavy (non-hydrogen) atoms. The highest BCUT2D eigenvalue weighted by Crippen LogP contribution is 2.44. The maximum atomic E-state index is 11.5. The van der Waals surface area contributed by atoms with Crippen molar-refractivity contribution in [1.29, 1.82) is 0 Å². The number of rotatable bonds is 1. The Kier molecular flexibility index (Phi) is 2.17. The molecular formula is C11H14O3. The van der Waals surface area contributed by atoms with Gasteiger partial charge in [0.2, 0.25) is 0 Å². The van der Waals surface area contributed by atoms with Crippen molar-refractivity contribution in [2.24, 2.45) is 23.7 Å². The van der Waals surface area contributed by atoms with E-state index in [1.54, 1.807) is 0 Å². The van der Waals surface area contributed by atoms with Gasteiger partial charge in [-0.2, -0.15) is 0 Å². The maximum Gasteiger partial charge on any atom is 0.312 e. The van der Waals surface area contributed by atoms with E-state index in [9.17, 15) is 9.59 Å². The van der Waals surface area contributed by atoms with Crippen LogP contribution in [0.4, 0.5) is 0 Å². The van der Waals surface area contributed by atoms with Crippen LogP contribution in [-0.4, -0.2) is 18.9 Å². The Hall–Kier alpha value is -1.12. The van der Waals surface area contributed by atoms with Crippen molar-refractivity contribution < 1.29 is 14.3 Å². The van der Waals surface area contributed by atoms with Crippen LogP contribution in [0.15, 0.2) is 12.2 Å². The predicted octanol–water partition coefficient (Wildman–Crippen LogP) is 1.19. The summed E-state index contributed by atoms with van der Waals surface area (Å²) >= 11 is 0. The van der Waals surface area contributed by atoms with Gasteiger partial charge < -0.3 is 4.74 Å². The topological polar surface area (TPSA) is 43.4 Å². The van der Waals surface area contributed by atoms with Gasteiger partial charge in [0.25, 0.3) is 0 Å². The van der Waals surface area contributed by atoms with Crippen LogP contribution in [0.25, 0.3) is 0 Å². The number of ketones is 1. The Labute approximate surface area is 83.1 Å². The number of hydrogen-bond acceptors (Lipinski definition) is 3. The summed E-state index contributed by atoms with van der Waals surface area (Å²) < 4.78 is 4.71. The van der Waals surface area contributed by atoms with Crippen LogP contribution in [0, 0.1) is 23.7 Å². The summed E-state index contributed by atoms with van der Waals surface area (Å²) in [6, 6.07) is 0. The molecule has 1 fully saturated rings. The fourth-order valence-electron chi connectivity index (χ4n) is 2.60. The van der Waals surface area contributed by atoms with E-state index in [4.69, 9.17) is 4.74 Å². The molecule has 0 amide bonds. The average molecular weight is 194 g/mol. The molecule has 2 aliphatic carbocycles. The van der Waals surface area contributed by atoms with Crippen LogP contribution < -0.4 is 0 Å². The number of hydrogen-bond donors (Lipinski definition) is 0. The number of carbonyl (C=O) groups excluding carboxylic acids is 2. The van der Waals surface area contributed by atoms with Gasteiger partial charge in [-0.3, -0.25) is 9.59 Å². The first-order chi connectivity index (χ1) is 6.65. The molecule has 2 rings (SSSR count). The second kappa shape index (κ2) is 3.23. The molecule has 0 saturated heterocycles. The molecule has 0 aromatic rings. The molecule has 0 unspecified atom stereocenters. The highest BCUT2D eigenvalue weighted by atomic mass is 16.5. The second-order valence-corrected chi connectivity index (χ2v) is 4.13. The zero-order chi connectivity index (χ0) is 10.3. The fraction of sp³-hybridized carbons (Fsp3) is 0.636. The Balaban J connectivity index is 2.18. The van der Waals surface area contributed by atoms with E-state index in [2.05, 4.69) is 0 Å². The van der Waals surface area contributed by atoms with Crippen LogP contribution in [0.1, 0.15) is 13.3 Å². The molecule has 76 valence electrons. The van der Waals surface area contributed by atoms with E-state index in [1.807, 2.05) is 19.1 Å². The summed E-state index contributed by atoms with van der Waals surface area (Å²) in [5.41, 5.74) is 0. The van der Waals surface area contributed by atoms with Crippen LogP contribution in [0.2, 0.25) is 0 Å². The second-order valence-electron chi connectivity index (χ2n) is 4.13. The summed E-state index contributed by atoms with van der Waals surface area (Å²) in [7, 11) is 1.39. The van der Waals surface area contributed by atoms with Gasteiger partial charge in [-0.1, -0.05) is 19.1 Å². The van der Waals surface area contributed by atoms with Crippen LogP contribution in [-0.2, 0) is 14.3 Å². The summed E-state index contributed by atoms with van der Waals surface area (Å²) in [4.78, 5) is 22.8. The van der Waals surface area contributed by atoms with E-state index in [1.165, 1.54) is 7.11 Å². The Morgan fingerprint density at radius 1 is 1.50 bits per heavy atom. The van der Waals surface area contributed by atoms with Crippen LogP contribution in [0.5, 0.6) is 0 Å². The van der Waals surface area contributed by atoms with Crippen molar-refractivity contribution in [3.8, 4) is 0 Å². The standard InChI is InChI=1S/C11H14O3/c1-6-7-3-4-8(11(13)14-2)9(7)5-10(6)12/h3-4,6-9H,5H2,1-2H3/t6-,7+,8-,9-/m1/s1. The third kappa shape index (κ3) is 1.19. The monoisotopic (exact) mass is 194 g/mol. The highest BCUT2D eigenvalue weighted by Gasteiger charge is 2.47. The third-order valence-corrected chi connectivity index (χ3v) is 3.49. The summed E-state index contributed by atoms with van der Waals surface area (Å²) in [6.07, 6.45) is 4.42. The minimum atomic E-state index is -0.212. The number of methoxy groups -OCH3 is 1. The molecule has 4 atom stereocenters. The van der Waals surface area contributed by atoms with E-state index >= 15 is 0 Å². The lowest BCUT2D eigenvalue weighted by atomic mass is 9.88. The lowest BCUT2D eigenvalue weighted by Crippen LogP contribution is -2.21. The van der Waals surface area contributed by atoms with E-state index in [0.29, 0.717) is 6.42 Å². The largest absolute Gasteiger partial charge is 0.469 e. The molecule has 0 aliphatic heterocycles. The third-order valence-electron chi connectivity index (χ3n) is 3.49. The molecule has 1 saturated carbocycles. The molecule has 3 nitrogen and oxygen atoms in total. The first-order valence-electron chi connectivity index (χ1n) is 4.94. The van der Waals surface area contributed by atoms with Gasteiger partial charge in [0.1, 0.15) is 5.78 Å². The van der Waals surface area contributed by atoms with Crippen molar-refractivity contribution in [3.05, 3.63) is 12.2 Å². The molecular weight excluding hydrogens is 180 g/mol. The summed E-state index contributed by atoms with van der Waals surface area (Å²) in [6.45, 7) is 1.94. The first-order valence-corrected chi connectivity index (χ1v) is 4.94. The number of carbonyl (C=O) groups is 2. The number of esters is 1. The van der Waals surface area contributed by atoms with Gasteiger partial charge in [-0.15, -0.1) is 0 Å². The minimum absolute atomic E-state index is 0.0749. The molecule has 0 heterocycles. The van der Waals surface area contributed by atoms with Crippen molar-refractivity contribution >= 4 is 11.8 Å². The number of Topliss-reactive ketones (excluding diaryl/α,β-unsaturated/α-hetero) is 1. The number of fused-ring (bicyclic) bond motifs is 1. The van der Waals surface area contributed by atoms with Gasteiger partial charge in [0.05, 0.1) is 13.0 Å². The molecule has 0 spiro atoms. The van der Waals surface area contributed by atoms with Crippen LogP contribution >= 0.6 is 0 Å². The Bertz CT molecular complexity index is 306. The van der Waals surface area contributed by atoms with Crippen molar-refractivity contribution in [2.75, 3.05) is 7.11 Å². The molecule has 2 aliphatic rings. The van der Waals surface area contributed by atoms with Gasteiger partial charge in [0, 0.05) is 12.3 Å². The normalized spacial score (nSPS) is 40.0. The van der Waals surface area contributed by atoms with Crippen LogP contribution in [0.3, 0.4) is 0 Å². The lowest BCUT2D eigenvalue weighted by Gasteiger charge is -2.16. The molecule has 0 N–H and O–H groups in total. The predicted molar refractivity (Wildman–Crippen MR) is 50.4 cm³/mol. The molecule has 0 radical (unpaired) electrons. The SMILES string of the molecule is COC(=O)[C@@H]1C=C[C@@H]2[C@H]1CC(=O)[C@@H]2C. The van der Waals surface area contributed by atoms with Gasteiger partial charge in [-0.05, 0) is 11.8 Å². The zero-order valence-corrected chi connectivity index (χ0v) is 8.40. The molecule has 0 bridgehead atoms. The smallest absolute Gasteiger partial charge is 0.312 e. The van der Waals surface area contributed by atoms with Crippen molar-refractivity contribution in [2.45, 2.75) is 13.3 Å². The highest BCUT2D eigenvalue weighted by molar-refractivity contribution is 5.86. The van der Waals surface area contributed by atoms with Crippen molar-refractivity contribution in [1.82, 2.24) is 0 Å². The number of allylic oxidation sites excluding steroid dienone is 1. The van der Waals surface area contributed by atoms with Gasteiger partial charge in [0.15, 0.2) is 0 Å². The number of ether oxygens (including phenoxy) is 1. The molecule has 0 aromatic carbocycles. The zero-order valence-electron chi connectivity index (χ0n) is 8.40. The maximum absolute atomic E-state index is 11.5. The Morgan fingerprint density at radius 2 is 2.21 bits per heavy atom. The lowest BCUT2D eigenvalue weighted by molar-refractivity contribution is -0.145. The summed E-state index contributed by atoms with van der Waals surface area (Å²) in [5, 5.41) is 0. The summed E-state index contributed by atoms with van der Waals surface area (Å²) in [5.74, 6) is 0.357. The van der Waals surface area contributed by atoms with Crippen molar-refractivity contribution in [3.63, 3.8) is 0 Å². The Morgan fingerprint density at radius 3 is 2.86 bits per heavy atom. The average Bonchev–Trinajstić information content (AvgIpc) is 2.69. The van der Waals surface area contributed by atoms with E-state index in [0.717, 1.165) is 0 Å².